The van der Waals surface area contributed by atoms with Crippen molar-refractivity contribution in [3.05, 3.63) is 49.1 Å². The third-order valence-corrected chi connectivity index (χ3v) is 4.10. The van der Waals surface area contributed by atoms with Crippen molar-refractivity contribution in [2.75, 3.05) is 0 Å². The van der Waals surface area contributed by atoms with Crippen molar-refractivity contribution in [2.24, 2.45) is 0 Å². The summed E-state index contributed by atoms with van der Waals surface area (Å²) < 4.78 is 1.07. The van der Waals surface area contributed by atoms with Crippen LogP contribution in [-0.4, -0.2) is 15.6 Å². The summed E-state index contributed by atoms with van der Waals surface area (Å²) >= 11 is 1.38. The highest BCUT2D eigenvalue weighted by atomic mass is 32.1. The van der Waals surface area contributed by atoms with Gasteiger partial charge in [-0.2, -0.15) is 10.4 Å². The van der Waals surface area contributed by atoms with E-state index in [9.17, 15) is 9.59 Å². The molecule has 0 aliphatic heterocycles. The Morgan fingerprint density at radius 3 is 2.65 bits per heavy atom. The smallest absolute Gasteiger partial charge is 0.285 e. The van der Waals surface area contributed by atoms with Gasteiger partial charge in [-0.05, 0) is 38.5 Å². The van der Waals surface area contributed by atoms with Gasteiger partial charge in [0.25, 0.3) is 5.56 Å². The number of thiophene rings is 1. The zero-order chi connectivity index (χ0) is 14.9. The highest BCUT2D eigenvalue weighted by Gasteiger charge is 2.15. The molecule has 20 heavy (non-hydrogen) atoms. The number of carbonyl (C=O) groups is 1. The fraction of sp³-hybridized carbons (Fsp3) is 0.286. The molecule has 0 unspecified atom stereocenters. The zero-order valence-corrected chi connectivity index (χ0v) is 12.2. The molecule has 6 heteroatoms. The van der Waals surface area contributed by atoms with Gasteiger partial charge < -0.3 is 0 Å². The summed E-state index contributed by atoms with van der Waals surface area (Å²) in [5.41, 5.74) is 0.675. The minimum absolute atomic E-state index is 0.0488. The summed E-state index contributed by atoms with van der Waals surface area (Å²) in [6.07, 6.45) is 0. The van der Waals surface area contributed by atoms with Crippen molar-refractivity contribution in [3.8, 4) is 6.07 Å². The predicted octanol–water partition coefficient (Wildman–Crippen LogP) is 1.98. The van der Waals surface area contributed by atoms with Crippen molar-refractivity contribution in [1.82, 2.24) is 9.78 Å². The van der Waals surface area contributed by atoms with E-state index in [4.69, 9.17) is 5.26 Å². The van der Waals surface area contributed by atoms with Gasteiger partial charge in [-0.25, -0.2) is 4.68 Å². The largest absolute Gasteiger partial charge is 0.291 e. The summed E-state index contributed by atoms with van der Waals surface area (Å²) in [6, 6.07) is 5.47. The average Bonchev–Trinajstić information content (AvgIpc) is 2.83. The maximum atomic E-state index is 12.1. The second-order valence-electron chi connectivity index (χ2n) is 4.49. The molecule has 2 aromatic rings. The number of ketones is 1. The van der Waals surface area contributed by atoms with Crippen LogP contribution in [0.2, 0.25) is 0 Å². The Morgan fingerprint density at radius 2 is 2.10 bits per heavy atom. The SMILES string of the molecule is Cc1ccc(C(=O)Cn2nc(C)c(C)c(C#N)c2=O)s1. The molecule has 2 aromatic heterocycles. The van der Waals surface area contributed by atoms with E-state index in [2.05, 4.69) is 5.10 Å². The van der Waals surface area contributed by atoms with Gasteiger partial charge in [0.1, 0.15) is 18.2 Å². The van der Waals surface area contributed by atoms with E-state index in [0.717, 1.165) is 9.56 Å². The normalized spacial score (nSPS) is 10.3. The Hall–Kier alpha value is -2.26. The fourth-order valence-corrected chi connectivity index (χ4v) is 2.61. The van der Waals surface area contributed by atoms with Crippen LogP contribution in [0, 0.1) is 32.1 Å². The van der Waals surface area contributed by atoms with E-state index < -0.39 is 5.56 Å². The maximum Gasteiger partial charge on any atom is 0.285 e. The summed E-state index contributed by atoms with van der Waals surface area (Å²) in [7, 11) is 0. The summed E-state index contributed by atoms with van der Waals surface area (Å²) in [4.78, 5) is 25.8. The molecule has 0 aromatic carbocycles. The van der Waals surface area contributed by atoms with Crippen molar-refractivity contribution >= 4 is 17.1 Å². The molecule has 5 nitrogen and oxygen atoms in total. The van der Waals surface area contributed by atoms with Crippen LogP contribution in [0.15, 0.2) is 16.9 Å². The topological polar surface area (TPSA) is 75.8 Å². The van der Waals surface area contributed by atoms with Gasteiger partial charge in [0.2, 0.25) is 0 Å². The fourth-order valence-electron chi connectivity index (χ4n) is 1.81. The Bertz CT molecular complexity index is 781. The van der Waals surface area contributed by atoms with Gasteiger partial charge in [0, 0.05) is 4.88 Å². The molecular formula is C14H13N3O2S. The van der Waals surface area contributed by atoms with Crippen molar-refractivity contribution < 1.29 is 4.79 Å². The van der Waals surface area contributed by atoms with Gasteiger partial charge in [0.15, 0.2) is 5.78 Å². The van der Waals surface area contributed by atoms with E-state index in [1.807, 2.05) is 19.1 Å². The van der Waals surface area contributed by atoms with Crippen LogP contribution in [-0.2, 0) is 6.54 Å². The molecule has 2 heterocycles. The lowest BCUT2D eigenvalue weighted by Gasteiger charge is -2.07. The lowest BCUT2D eigenvalue weighted by molar-refractivity contribution is 0.0969. The van der Waals surface area contributed by atoms with Gasteiger partial charge in [0.05, 0.1) is 10.6 Å². The molecular weight excluding hydrogens is 274 g/mol. The molecule has 0 fully saturated rings. The van der Waals surface area contributed by atoms with Crippen LogP contribution < -0.4 is 5.56 Å². The molecule has 0 saturated carbocycles. The van der Waals surface area contributed by atoms with Crippen molar-refractivity contribution in [3.63, 3.8) is 0 Å². The number of aromatic nitrogens is 2. The van der Waals surface area contributed by atoms with Gasteiger partial charge >= 0.3 is 0 Å². The molecule has 0 aliphatic rings. The molecule has 102 valence electrons. The number of hydrogen-bond acceptors (Lipinski definition) is 5. The molecule has 2 rings (SSSR count). The lowest BCUT2D eigenvalue weighted by Crippen LogP contribution is -2.30. The second kappa shape index (κ2) is 5.39. The average molecular weight is 287 g/mol. The second-order valence-corrected chi connectivity index (χ2v) is 5.78. The highest BCUT2D eigenvalue weighted by Crippen LogP contribution is 2.16. The Kier molecular flexibility index (Phi) is 3.81. The van der Waals surface area contributed by atoms with Crippen LogP contribution in [0.25, 0.3) is 0 Å². The van der Waals surface area contributed by atoms with Crippen molar-refractivity contribution in [1.29, 1.82) is 5.26 Å². The summed E-state index contributed by atoms with van der Waals surface area (Å²) in [5, 5.41) is 13.1. The van der Waals surface area contributed by atoms with E-state index in [0.29, 0.717) is 16.1 Å². The minimum Gasteiger partial charge on any atom is -0.291 e. The molecule has 0 amide bonds. The number of nitrogens with zero attached hydrogens (tertiary/aromatic N) is 3. The van der Waals surface area contributed by atoms with Crippen LogP contribution >= 0.6 is 11.3 Å². The van der Waals surface area contributed by atoms with E-state index >= 15 is 0 Å². The van der Waals surface area contributed by atoms with Crippen LogP contribution in [0.4, 0.5) is 0 Å². The van der Waals surface area contributed by atoms with Crippen LogP contribution in [0.5, 0.6) is 0 Å². The number of carbonyl (C=O) groups excluding carboxylic acids is 1. The molecule has 0 spiro atoms. The first-order valence-electron chi connectivity index (χ1n) is 6.02. The molecule has 0 aliphatic carbocycles. The quantitative estimate of drug-likeness (QED) is 0.809. The molecule has 0 saturated heterocycles. The molecule has 0 atom stereocenters. The highest BCUT2D eigenvalue weighted by molar-refractivity contribution is 7.14. The summed E-state index contributed by atoms with van der Waals surface area (Å²) in [5.74, 6) is -0.176. The van der Waals surface area contributed by atoms with E-state index in [-0.39, 0.29) is 17.9 Å². The molecule has 0 radical (unpaired) electrons. The Balaban J connectivity index is 2.40. The number of nitriles is 1. The number of aryl methyl sites for hydroxylation is 2. The predicted molar refractivity (Wildman–Crippen MR) is 76.1 cm³/mol. The monoisotopic (exact) mass is 287 g/mol. The third-order valence-electron chi connectivity index (χ3n) is 3.06. The first kappa shape index (κ1) is 14.2. The minimum atomic E-state index is -0.516. The lowest BCUT2D eigenvalue weighted by atomic mass is 10.1. The number of hydrogen-bond donors (Lipinski definition) is 0. The number of Topliss-reactive ketones (excluding diaryl/α,β-unsaturated/α-hetero) is 1. The standard InChI is InChI=1S/C14H13N3O2S/c1-8-4-5-13(20-8)12(18)7-17-14(19)11(6-15)9(2)10(3)16-17/h4-5H,7H2,1-3H3. The Morgan fingerprint density at radius 1 is 1.40 bits per heavy atom. The Labute approximate surface area is 120 Å². The van der Waals surface area contributed by atoms with Gasteiger partial charge in [-0.3, -0.25) is 9.59 Å². The van der Waals surface area contributed by atoms with E-state index in [1.54, 1.807) is 19.9 Å². The van der Waals surface area contributed by atoms with E-state index in [1.165, 1.54) is 11.3 Å². The van der Waals surface area contributed by atoms with Crippen LogP contribution in [0.3, 0.4) is 0 Å². The zero-order valence-electron chi connectivity index (χ0n) is 11.4. The van der Waals surface area contributed by atoms with Crippen LogP contribution in [0.1, 0.15) is 31.4 Å². The first-order valence-corrected chi connectivity index (χ1v) is 6.83. The third kappa shape index (κ3) is 2.53. The first-order chi connectivity index (χ1) is 9.43. The van der Waals surface area contributed by atoms with Gasteiger partial charge in [-0.15, -0.1) is 11.3 Å². The van der Waals surface area contributed by atoms with Crippen molar-refractivity contribution in [2.45, 2.75) is 27.3 Å². The molecule has 0 N–H and O–H groups in total. The molecule has 0 bridgehead atoms. The number of rotatable bonds is 3. The van der Waals surface area contributed by atoms with Gasteiger partial charge in [-0.1, -0.05) is 0 Å². The summed E-state index contributed by atoms with van der Waals surface area (Å²) in [6.45, 7) is 5.16. The maximum absolute atomic E-state index is 12.1.